The maximum atomic E-state index is 12.1. The molecule has 2 N–H and O–H groups in total. The van der Waals surface area contributed by atoms with Crippen molar-refractivity contribution in [2.24, 2.45) is 11.3 Å². The Morgan fingerprint density at radius 1 is 1.30 bits per heavy atom. The molecule has 0 radical (unpaired) electrons. The van der Waals surface area contributed by atoms with Crippen LogP contribution < -0.4 is 0 Å². The van der Waals surface area contributed by atoms with Crippen LogP contribution in [0.5, 0.6) is 0 Å². The summed E-state index contributed by atoms with van der Waals surface area (Å²) in [6.45, 7) is 12.3. The van der Waals surface area contributed by atoms with E-state index < -0.39 is 17.9 Å². The van der Waals surface area contributed by atoms with E-state index in [1.165, 1.54) is 18.4 Å². The second-order valence-electron chi connectivity index (χ2n) is 10.2. The van der Waals surface area contributed by atoms with E-state index in [4.69, 9.17) is 9.47 Å². The van der Waals surface area contributed by atoms with E-state index in [9.17, 15) is 15.0 Å². The summed E-state index contributed by atoms with van der Waals surface area (Å²) in [6.07, 6.45) is 12.9. The Morgan fingerprint density at radius 2 is 2.03 bits per heavy atom. The second kappa shape index (κ2) is 10.7. The summed E-state index contributed by atoms with van der Waals surface area (Å²) in [4.78, 5) is 12.1. The van der Waals surface area contributed by atoms with Crippen LogP contribution in [0, 0.1) is 11.3 Å². The van der Waals surface area contributed by atoms with Crippen LogP contribution in [0.3, 0.4) is 0 Å². The molecule has 0 aromatic rings. The molecule has 33 heavy (non-hydrogen) atoms. The molecule has 0 aliphatic heterocycles. The topological polar surface area (TPSA) is 76.0 Å². The highest BCUT2D eigenvalue weighted by Gasteiger charge is 2.44. The first-order valence-electron chi connectivity index (χ1n) is 12.7. The largest absolute Gasteiger partial charge is 0.461 e. The van der Waals surface area contributed by atoms with Crippen molar-refractivity contribution < 1.29 is 24.5 Å². The molecule has 3 aliphatic carbocycles. The number of carbonyl (C=O) groups excluding carboxylic acids is 1. The second-order valence-corrected chi connectivity index (χ2v) is 10.2. The molecule has 0 aromatic carbocycles. The van der Waals surface area contributed by atoms with Gasteiger partial charge in [0.2, 0.25) is 0 Å². The van der Waals surface area contributed by atoms with Gasteiger partial charge in [-0.3, -0.25) is 0 Å². The minimum Gasteiger partial charge on any atom is -0.461 e. The zero-order valence-electron chi connectivity index (χ0n) is 20.9. The van der Waals surface area contributed by atoms with Gasteiger partial charge in [-0.2, -0.15) is 0 Å². The number of ether oxygens (including phenoxy) is 2. The third kappa shape index (κ3) is 5.70. The van der Waals surface area contributed by atoms with Crippen LogP contribution in [-0.2, 0) is 14.3 Å². The molecule has 0 heterocycles. The maximum Gasteiger partial charge on any atom is 0.332 e. The van der Waals surface area contributed by atoms with Crippen LogP contribution in [0.25, 0.3) is 0 Å². The van der Waals surface area contributed by atoms with Gasteiger partial charge in [-0.25, -0.2) is 4.79 Å². The zero-order chi connectivity index (χ0) is 24.2. The summed E-state index contributed by atoms with van der Waals surface area (Å²) in [5.41, 5.74) is 4.64. The highest BCUT2D eigenvalue weighted by Crippen LogP contribution is 2.55. The Morgan fingerprint density at radius 3 is 2.70 bits per heavy atom. The Hall–Kier alpha value is -1.69. The van der Waals surface area contributed by atoms with E-state index in [2.05, 4.69) is 32.6 Å². The maximum absolute atomic E-state index is 12.1. The molecule has 0 bridgehead atoms. The van der Waals surface area contributed by atoms with Crippen molar-refractivity contribution in [3.05, 3.63) is 47.1 Å². The number of aliphatic hydroxyl groups excluding tert-OH is 1. The number of carbonyl (C=O) groups is 1. The quantitative estimate of drug-likeness (QED) is 0.284. The van der Waals surface area contributed by atoms with Gasteiger partial charge in [0, 0.05) is 12.8 Å². The molecule has 0 aromatic heterocycles. The number of fused-ring (bicyclic) bond motifs is 1. The van der Waals surface area contributed by atoms with Gasteiger partial charge in [-0.05, 0) is 67.4 Å². The molecule has 5 nitrogen and oxygen atoms in total. The molecule has 184 valence electrons. The summed E-state index contributed by atoms with van der Waals surface area (Å²) in [6, 6.07) is 0. The van der Waals surface area contributed by atoms with Gasteiger partial charge in [0.25, 0.3) is 0 Å². The van der Waals surface area contributed by atoms with E-state index in [-0.39, 0.29) is 31.0 Å². The molecule has 4 atom stereocenters. The lowest BCUT2D eigenvalue weighted by molar-refractivity contribution is -0.226. The lowest BCUT2D eigenvalue weighted by Crippen LogP contribution is -2.43. The summed E-state index contributed by atoms with van der Waals surface area (Å²) in [7, 11) is 0. The first-order valence-corrected chi connectivity index (χ1v) is 12.7. The van der Waals surface area contributed by atoms with Gasteiger partial charge in [0.05, 0.1) is 6.10 Å². The fraction of sp³-hybridized carbons (Fsp3) is 0.679. The molecule has 1 unspecified atom stereocenters. The van der Waals surface area contributed by atoms with Gasteiger partial charge >= 0.3 is 5.97 Å². The molecule has 2 saturated carbocycles. The van der Waals surface area contributed by atoms with E-state index in [0.717, 1.165) is 37.7 Å². The van der Waals surface area contributed by atoms with Crippen LogP contribution >= 0.6 is 0 Å². The highest BCUT2D eigenvalue weighted by molar-refractivity contribution is 5.71. The SMILES string of the molecule is C=C1C(=CC=C2CCC[C@]3(C)C(CC)=CC[C@@H]23)C[C@](O)(OCC(=O)OC(CC)CC)CC1O. The van der Waals surface area contributed by atoms with Crippen LogP contribution in [0.2, 0.25) is 0 Å². The minimum atomic E-state index is -1.62. The summed E-state index contributed by atoms with van der Waals surface area (Å²) in [5.74, 6) is -1.59. The van der Waals surface area contributed by atoms with Crippen LogP contribution in [0.4, 0.5) is 0 Å². The van der Waals surface area contributed by atoms with E-state index in [0.29, 0.717) is 11.5 Å². The molecule has 0 spiro atoms. The molecule has 5 heteroatoms. The predicted molar refractivity (Wildman–Crippen MR) is 130 cm³/mol. The first kappa shape index (κ1) is 25.9. The standard InChI is InChI=1S/C28H42O5/c1-6-22-13-14-24-20(10-9-15-27(22,24)5)11-12-21-16-28(31,17-25(29)19(21)4)32-18-26(30)33-23(7-2)8-3/h11-13,23-25,29,31H,4,6-10,14-18H2,1-3,5H3/t24-,25?,27+,28-/m0/s1. The van der Waals surface area contributed by atoms with Crippen molar-refractivity contribution >= 4 is 5.97 Å². The van der Waals surface area contributed by atoms with Crippen molar-refractivity contribution in [3.8, 4) is 0 Å². The number of rotatable bonds is 8. The molecule has 2 fully saturated rings. The minimum absolute atomic E-state index is 0.0114. The van der Waals surface area contributed by atoms with Crippen LogP contribution in [0.15, 0.2) is 47.1 Å². The highest BCUT2D eigenvalue weighted by atomic mass is 16.6. The van der Waals surface area contributed by atoms with Crippen LogP contribution in [-0.4, -0.2) is 40.8 Å². The Labute approximate surface area is 199 Å². The Balaban J connectivity index is 1.71. The van der Waals surface area contributed by atoms with Crippen molar-refractivity contribution in [1.82, 2.24) is 0 Å². The average Bonchev–Trinajstić information content (AvgIpc) is 3.14. The number of hydrogen-bond acceptors (Lipinski definition) is 5. The number of esters is 1. The van der Waals surface area contributed by atoms with Gasteiger partial charge in [0.15, 0.2) is 5.79 Å². The van der Waals surface area contributed by atoms with Crippen molar-refractivity contribution in [3.63, 3.8) is 0 Å². The van der Waals surface area contributed by atoms with Gasteiger partial charge in [-0.1, -0.05) is 63.6 Å². The molecule has 3 rings (SSSR count). The lowest BCUT2D eigenvalue weighted by atomic mass is 9.64. The van der Waals surface area contributed by atoms with Gasteiger partial charge in [0.1, 0.15) is 12.7 Å². The summed E-state index contributed by atoms with van der Waals surface area (Å²) < 4.78 is 11.0. The monoisotopic (exact) mass is 458 g/mol. The molecular formula is C28H42O5. The summed E-state index contributed by atoms with van der Waals surface area (Å²) >= 11 is 0. The van der Waals surface area contributed by atoms with Gasteiger partial charge in [-0.15, -0.1) is 0 Å². The fourth-order valence-corrected chi connectivity index (χ4v) is 5.93. The normalized spacial score (nSPS) is 34.6. The Kier molecular flexibility index (Phi) is 8.41. The predicted octanol–water partition coefficient (Wildman–Crippen LogP) is 5.53. The molecular weight excluding hydrogens is 416 g/mol. The van der Waals surface area contributed by atoms with Crippen molar-refractivity contribution in [2.75, 3.05) is 6.61 Å². The van der Waals surface area contributed by atoms with Crippen LogP contribution in [0.1, 0.15) is 85.5 Å². The number of hydrogen-bond donors (Lipinski definition) is 2. The smallest absolute Gasteiger partial charge is 0.332 e. The number of aliphatic hydroxyl groups is 2. The molecule has 3 aliphatic rings. The third-order valence-corrected chi connectivity index (χ3v) is 8.05. The summed E-state index contributed by atoms with van der Waals surface area (Å²) in [5, 5.41) is 21.6. The lowest BCUT2D eigenvalue weighted by Gasteiger charge is -2.41. The van der Waals surface area contributed by atoms with E-state index in [1.807, 2.05) is 19.9 Å². The van der Waals surface area contributed by atoms with Crippen molar-refractivity contribution in [1.29, 1.82) is 0 Å². The third-order valence-electron chi connectivity index (χ3n) is 8.05. The van der Waals surface area contributed by atoms with Crippen molar-refractivity contribution in [2.45, 2.75) is 103 Å². The average molecular weight is 459 g/mol. The fourth-order valence-electron chi connectivity index (χ4n) is 5.93. The van der Waals surface area contributed by atoms with Gasteiger partial charge < -0.3 is 19.7 Å². The number of allylic oxidation sites excluding steroid dienone is 5. The first-order chi connectivity index (χ1) is 15.7. The molecule has 0 amide bonds. The Bertz CT molecular complexity index is 833. The zero-order valence-corrected chi connectivity index (χ0v) is 20.9. The van der Waals surface area contributed by atoms with E-state index >= 15 is 0 Å². The van der Waals surface area contributed by atoms with E-state index in [1.54, 1.807) is 5.57 Å². The molecule has 0 saturated heterocycles.